The highest BCUT2D eigenvalue weighted by Gasteiger charge is 2.46. The Morgan fingerprint density at radius 3 is 2.37 bits per heavy atom. The maximum atomic E-state index is 13.4. The van der Waals surface area contributed by atoms with Gasteiger partial charge in [-0.05, 0) is 38.7 Å². The van der Waals surface area contributed by atoms with Gasteiger partial charge in [0.05, 0.1) is 34.1 Å². The number of hydrogen-bond donors (Lipinski definition) is 2. The van der Waals surface area contributed by atoms with Crippen LogP contribution in [0.4, 0.5) is 10.6 Å². The van der Waals surface area contributed by atoms with Gasteiger partial charge in [-0.15, -0.1) is 0 Å². The van der Waals surface area contributed by atoms with Crippen LogP contribution in [0.2, 0.25) is 0 Å². The first-order valence-corrected chi connectivity index (χ1v) is 14.8. The standard InChI is InChI=1S/C30H30N8O2S/c1-17(39)26-27(20-11-21-8-9-22(12-20)37(21)30(40)36-15-25(31)41-16-36)35-29-23(14-34-38(29)28(26)32)19-7-10-24(33-13-19)18-5-3-2-4-6-18/h2-7,10,13-15,20-22H,8-9,11-12,16,31-32H2,1H3/t20?,21-,22+. The van der Waals surface area contributed by atoms with Crippen molar-refractivity contribution in [2.75, 3.05) is 11.6 Å². The molecule has 0 radical (unpaired) electrons. The number of nitrogens with two attached hydrogens (primary N) is 2. The van der Waals surface area contributed by atoms with E-state index in [1.165, 1.54) is 18.7 Å². The number of rotatable bonds is 4. The number of Topliss-reactive ketones (excluding diaryl/α,β-unsaturated/α-hetero) is 1. The van der Waals surface area contributed by atoms with Crippen molar-refractivity contribution in [3.63, 3.8) is 0 Å². The first-order chi connectivity index (χ1) is 19.9. The number of anilines is 1. The number of ketones is 1. The summed E-state index contributed by atoms with van der Waals surface area (Å²) in [5.74, 6) is 0.688. The molecule has 0 saturated carbocycles. The largest absolute Gasteiger partial charge is 0.392 e. The van der Waals surface area contributed by atoms with Crippen molar-refractivity contribution < 1.29 is 9.59 Å². The second-order valence-electron chi connectivity index (χ2n) is 10.9. The monoisotopic (exact) mass is 566 g/mol. The number of hydrogen-bond acceptors (Lipinski definition) is 8. The van der Waals surface area contributed by atoms with E-state index in [9.17, 15) is 9.59 Å². The molecular formula is C30H30N8O2S. The van der Waals surface area contributed by atoms with Gasteiger partial charge in [0.2, 0.25) is 0 Å². The topological polar surface area (TPSA) is 136 Å². The van der Waals surface area contributed by atoms with E-state index in [1.54, 1.807) is 21.8 Å². The SMILES string of the molecule is CC(=O)c1c(C2C[C@H]3CC[C@@H](C2)N3C(=O)N2C=C(N)SC2)nc2c(-c3ccc(-c4ccccc4)nc3)cnn2c1N. The summed E-state index contributed by atoms with van der Waals surface area (Å²) in [6.45, 7) is 1.52. The Bertz CT molecular complexity index is 1690. The molecule has 10 nitrogen and oxygen atoms in total. The van der Waals surface area contributed by atoms with Crippen LogP contribution in [-0.2, 0) is 0 Å². The molecule has 3 aliphatic rings. The number of piperidine rings is 1. The van der Waals surface area contributed by atoms with Gasteiger partial charge in [0.15, 0.2) is 11.4 Å². The summed E-state index contributed by atoms with van der Waals surface area (Å²) in [5, 5.41) is 5.16. The van der Waals surface area contributed by atoms with Crippen LogP contribution < -0.4 is 11.5 Å². The fraction of sp³-hybridized carbons (Fsp3) is 0.300. The third kappa shape index (κ3) is 4.31. The number of fused-ring (bicyclic) bond motifs is 3. The normalized spacial score (nSPS) is 21.9. The number of nitrogen functional groups attached to an aromatic ring is 1. The lowest BCUT2D eigenvalue weighted by Crippen LogP contribution is -2.50. The molecule has 2 saturated heterocycles. The van der Waals surface area contributed by atoms with Gasteiger partial charge in [-0.1, -0.05) is 48.2 Å². The molecule has 1 unspecified atom stereocenters. The second kappa shape index (κ2) is 9.91. The number of nitrogens with zero attached hydrogens (tertiary/aromatic N) is 6. The Balaban J connectivity index is 1.24. The molecule has 7 rings (SSSR count). The molecule has 208 valence electrons. The van der Waals surface area contributed by atoms with Crippen LogP contribution in [0.1, 0.15) is 54.6 Å². The summed E-state index contributed by atoms with van der Waals surface area (Å²) in [4.78, 5) is 39.8. The lowest BCUT2D eigenvalue weighted by Gasteiger charge is -2.40. The Morgan fingerprint density at radius 1 is 0.976 bits per heavy atom. The average molecular weight is 567 g/mol. The summed E-state index contributed by atoms with van der Waals surface area (Å²) < 4.78 is 1.55. The van der Waals surface area contributed by atoms with Gasteiger partial charge >= 0.3 is 6.03 Å². The van der Waals surface area contributed by atoms with Crippen molar-refractivity contribution in [3.8, 4) is 22.4 Å². The number of benzene rings is 1. The number of aromatic nitrogens is 4. The van der Waals surface area contributed by atoms with Crippen LogP contribution in [0.3, 0.4) is 0 Å². The molecule has 4 aromatic rings. The van der Waals surface area contributed by atoms with Gasteiger partial charge in [-0.2, -0.15) is 9.61 Å². The summed E-state index contributed by atoms with van der Waals surface area (Å²) >= 11 is 1.47. The highest BCUT2D eigenvalue weighted by atomic mass is 32.2. The van der Waals surface area contributed by atoms with Crippen molar-refractivity contribution in [2.24, 2.45) is 5.73 Å². The van der Waals surface area contributed by atoms with Crippen LogP contribution in [0.5, 0.6) is 0 Å². The minimum absolute atomic E-state index is 0.00218. The van der Waals surface area contributed by atoms with Crippen LogP contribution in [0.15, 0.2) is 66.1 Å². The van der Waals surface area contributed by atoms with Gasteiger partial charge in [0.25, 0.3) is 0 Å². The van der Waals surface area contributed by atoms with Gasteiger partial charge < -0.3 is 16.4 Å². The molecule has 2 amide bonds. The maximum Gasteiger partial charge on any atom is 0.325 e. The molecule has 0 aliphatic carbocycles. The van der Waals surface area contributed by atoms with Crippen molar-refractivity contribution >= 4 is 35.0 Å². The second-order valence-corrected chi connectivity index (χ2v) is 11.9. The summed E-state index contributed by atoms with van der Waals surface area (Å²) in [6.07, 6.45) is 8.58. The molecule has 3 aliphatic heterocycles. The van der Waals surface area contributed by atoms with Crippen LogP contribution in [-0.4, -0.2) is 59.2 Å². The zero-order valence-electron chi connectivity index (χ0n) is 22.6. The molecule has 41 heavy (non-hydrogen) atoms. The fourth-order valence-electron chi connectivity index (χ4n) is 6.57. The lowest BCUT2D eigenvalue weighted by molar-refractivity contribution is 0.101. The predicted octanol–water partition coefficient (Wildman–Crippen LogP) is 4.84. The number of amides is 2. The van der Waals surface area contributed by atoms with Crippen molar-refractivity contribution in [3.05, 3.63) is 77.3 Å². The number of carbonyl (C=O) groups is 2. The first kappa shape index (κ1) is 25.6. The molecule has 0 spiro atoms. The van der Waals surface area contributed by atoms with E-state index >= 15 is 0 Å². The van der Waals surface area contributed by atoms with E-state index in [1.807, 2.05) is 53.6 Å². The minimum Gasteiger partial charge on any atom is -0.392 e. The van der Waals surface area contributed by atoms with E-state index in [4.69, 9.17) is 16.5 Å². The zero-order chi connectivity index (χ0) is 28.2. The third-order valence-electron chi connectivity index (χ3n) is 8.45. The predicted molar refractivity (Wildman–Crippen MR) is 159 cm³/mol. The minimum atomic E-state index is -0.140. The molecule has 2 bridgehead atoms. The smallest absolute Gasteiger partial charge is 0.325 e. The van der Waals surface area contributed by atoms with E-state index < -0.39 is 0 Å². The molecule has 2 fully saturated rings. The lowest BCUT2D eigenvalue weighted by atomic mass is 9.85. The number of carbonyl (C=O) groups excluding carboxylic acids is 2. The van der Waals surface area contributed by atoms with Crippen molar-refractivity contribution in [2.45, 2.75) is 50.6 Å². The number of pyridine rings is 1. The molecule has 4 N–H and O–H groups in total. The van der Waals surface area contributed by atoms with Crippen molar-refractivity contribution in [1.29, 1.82) is 0 Å². The van der Waals surface area contributed by atoms with Gasteiger partial charge in [-0.25, -0.2) is 9.78 Å². The Labute approximate surface area is 241 Å². The molecule has 11 heteroatoms. The average Bonchev–Trinajstić information content (AvgIpc) is 3.68. The van der Waals surface area contributed by atoms with Crippen LogP contribution in [0, 0.1) is 0 Å². The van der Waals surface area contributed by atoms with E-state index in [2.05, 4.69) is 10.1 Å². The van der Waals surface area contributed by atoms with Gasteiger partial charge in [-0.3, -0.25) is 14.7 Å². The molecule has 3 aromatic heterocycles. The van der Waals surface area contributed by atoms with Crippen molar-refractivity contribution in [1.82, 2.24) is 29.4 Å². The third-order valence-corrected chi connectivity index (χ3v) is 9.29. The number of thioether (sulfide) groups is 1. The highest BCUT2D eigenvalue weighted by Crippen LogP contribution is 2.45. The Kier molecular flexibility index (Phi) is 6.19. The Morgan fingerprint density at radius 2 is 1.73 bits per heavy atom. The molecule has 6 heterocycles. The van der Waals surface area contributed by atoms with Gasteiger partial charge in [0, 0.05) is 47.1 Å². The zero-order valence-corrected chi connectivity index (χ0v) is 23.4. The summed E-state index contributed by atoms with van der Waals surface area (Å²) in [7, 11) is 0. The summed E-state index contributed by atoms with van der Waals surface area (Å²) in [5.41, 5.74) is 17.8. The maximum absolute atomic E-state index is 13.4. The molecule has 1 aromatic carbocycles. The molecule has 3 atom stereocenters. The molecular weight excluding hydrogens is 536 g/mol. The van der Waals surface area contributed by atoms with E-state index in [0.29, 0.717) is 27.8 Å². The van der Waals surface area contributed by atoms with E-state index in [-0.39, 0.29) is 35.6 Å². The first-order valence-electron chi connectivity index (χ1n) is 13.8. The number of urea groups is 1. The van der Waals surface area contributed by atoms with Gasteiger partial charge in [0.1, 0.15) is 5.82 Å². The van der Waals surface area contributed by atoms with E-state index in [0.717, 1.165) is 48.1 Å². The fourth-order valence-corrected chi connectivity index (χ4v) is 7.24. The Hall–Kier alpha value is -4.38. The quantitative estimate of drug-likeness (QED) is 0.335. The highest BCUT2D eigenvalue weighted by molar-refractivity contribution is 8.03. The van der Waals surface area contributed by atoms with Crippen LogP contribution >= 0.6 is 11.8 Å². The summed E-state index contributed by atoms with van der Waals surface area (Å²) in [6, 6.07) is 14.1. The van der Waals surface area contributed by atoms with Crippen LogP contribution in [0.25, 0.3) is 28.0 Å².